The van der Waals surface area contributed by atoms with Crippen LogP contribution < -0.4 is 0 Å². The predicted octanol–water partition coefficient (Wildman–Crippen LogP) is 4.32. The van der Waals surface area contributed by atoms with Gasteiger partial charge in [-0.25, -0.2) is 4.98 Å². The van der Waals surface area contributed by atoms with Crippen LogP contribution in [0, 0.1) is 0 Å². The lowest BCUT2D eigenvalue weighted by Crippen LogP contribution is -2.28. The van der Waals surface area contributed by atoms with Crippen molar-refractivity contribution in [2.45, 2.75) is 32.2 Å². The van der Waals surface area contributed by atoms with Crippen molar-refractivity contribution in [1.29, 1.82) is 0 Å². The molecule has 0 radical (unpaired) electrons. The molecule has 1 saturated heterocycles. The third-order valence-electron chi connectivity index (χ3n) is 5.09. The van der Waals surface area contributed by atoms with Gasteiger partial charge in [0.25, 0.3) is 0 Å². The number of rotatable bonds is 4. The monoisotopic (exact) mass is 317 g/mol. The summed E-state index contributed by atoms with van der Waals surface area (Å²) in [4.78, 5) is 11.6. The third-order valence-corrected chi connectivity index (χ3v) is 5.09. The minimum Gasteiger partial charge on any atom is -0.300 e. The van der Waals surface area contributed by atoms with E-state index in [-0.39, 0.29) is 0 Å². The van der Waals surface area contributed by atoms with Gasteiger partial charge in [-0.1, -0.05) is 12.1 Å². The molecule has 1 aliphatic rings. The van der Waals surface area contributed by atoms with E-state index in [4.69, 9.17) is 4.98 Å². The number of fused-ring (bicyclic) bond motifs is 1. The lowest BCUT2D eigenvalue weighted by atomic mass is 10.1. The first-order chi connectivity index (χ1) is 11.8. The van der Waals surface area contributed by atoms with Crippen LogP contribution >= 0.6 is 0 Å². The summed E-state index contributed by atoms with van der Waals surface area (Å²) < 4.78 is 0. The first kappa shape index (κ1) is 15.3. The molecule has 4 rings (SSSR count). The molecule has 0 aliphatic carbocycles. The number of hydrogen-bond donors (Lipinski definition) is 0. The molecule has 3 heterocycles. The Bertz CT molecular complexity index is 829. The number of aromatic nitrogens is 2. The Balaban J connectivity index is 1.53. The molecule has 3 heteroatoms. The quantitative estimate of drug-likeness (QED) is 0.717. The SMILES string of the molecule is CC1CCCN1CCc1ccc2nc(-c3cccnc3)ccc2c1. The molecule has 1 aliphatic heterocycles. The van der Waals surface area contributed by atoms with Crippen molar-refractivity contribution < 1.29 is 0 Å². The topological polar surface area (TPSA) is 29.0 Å². The van der Waals surface area contributed by atoms with Crippen LogP contribution in [-0.2, 0) is 6.42 Å². The molecule has 0 saturated carbocycles. The van der Waals surface area contributed by atoms with Crippen molar-refractivity contribution in [3.05, 3.63) is 60.4 Å². The second-order valence-corrected chi connectivity index (χ2v) is 6.74. The largest absolute Gasteiger partial charge is 0.300 e. The molecule has 24 heavy (non-hydrogen) atoms. The van der Waals surface area contributed by atoms with Gasteiger partial charge in [0, 0.05) is 35.9 Å². The lowest BCUT2D eigenvalue weighted by molar-refractivity contribution is 0.272. The molecular formula is C21H23N3. The van der Waals surface area contributed by atoms with E-state index in [1.807, 2.05) is 18.3 Å². The van der Waals surface area contributed by atoms with Gasteiger partial charge in [0.15, 0.2) is 0 Å². The number of hydrogen-bond acceptors (Lipinski definition) is 3. The molecule has 0 N–H and O–H groups in total. The van der Waals surface area contributed by atoms with Crippen molar-refractivity contribution in [2.24, 2.45) is 0 Å². The van der Waals surface area contributed by atoms with Gasteiger partial charge < -0.3 is 4.90 Å². The molecule has 1 aromatic carbocycles. The Morgan fingerprint density at radius 3 is 2.92 bits per heavy atom. The molecule has 1 fully saturated rings. The van der Waals surface area contributed by atoms with E-state index < -0.39 is 0 Å². The van der Waals surface area contributed by atoms with E-state index in [1.165, 1.54) is 30.3 Å². The van der Waals surface area contributed by atoms with Crippen LogP contribution in [0.15, 0.2) is 54.9 Å². The first-order valence-electron chi connectivity index (χ1n) is 8.84. The molecule has 1 unspecified atom stereocenters. The van der Waals surface area contributed by atoms with Gasteiger partial charge in [-0.05, 0) is 68.6 Å². The van der Waals surface area contributed by atoms with Crippen molar-refractivity contribution >= 4 is 10.9 Å². The molecular weight excluding hydrogens is 294 g/mol. The zero-order chi connectivity index (χ0) is 16.4. The first-order valence-corrected chi connectivity index (χ1v) is 8.84. The van der Waals surface area contributed by atoms with Crippen LogP contribution in [0.1, 0.15) is 25.3 Å². The average molecular weight is 317 g/mol. The molecule has 3 aromatic rings. The van der Waals surface area contributed by atoms with Crippen LogP contribution in [0.4, 0.5) is 0 Å². The Labute approximate surface area is 143 Å². The van der Waals surface area contributed by atoms with Crippen LogP contribution in [0.3, 0.4) is 0 Å². The standard InChI is InChI=1S/C21H23N3/c1-16-4-3-12-24(16)13-10-17-6-8-20-18(14-17)7-9-21(23-20)19-5-2-11-22-15-19/h2,5-9,11,14-16H,3-4,10,12-13H2,1H3. The maximum Gasteiger partial charge on any atom is 0.0725 e. The van der Waals surface area contributed by atoms with Gasteiger partial charge in [-0.15, -0.1) is 0 Å². The minimum absolute atomic E-state index is 0.745. The van der Waals surface area contributed by atoms with Gasteiger partial charge >= 0.3 is 0 Å². The Morgan fingerprint density at radius 1 is 1.17 bits per heavy atom. The van der Waals surface area contributed by atoms with E-state index in [0.29, 0.717) is 0 Å². The summed E-state index contributed by atoms with van der Waals surface area (Å²) in [5, 5.41) is 1.22. The highest BCUT2D eigenvalue weighted by molar-refractivity contribution is 5.82. The maximum absolute atomic E-state index is 4.79. The molecule has 0 bridgehead atoms. The molecule has 122 valence electrons. The van der Waals surface area contributed by atoms with Crippen LogP contribution in [-0.4, -0.2) is 34.0 Å². The summed E-state index contributed by atoms with van der Waals surface area (Å²) in [7, 11) is 0. The highest BCUT2D eigenvalue weighted by atomic mass is 15.2. The molecule has 0 spiro atoms. The van der Waals surface area contributed by atoms with Crippen molar-refractivity contribution in [3.63, 3.8) is 0 Å². The Hall–Kier alpha value is -2.26. The maximum atomic E-state index is 4.79. The summed E-state index contributed by atoms with van der Waals surface area (Å²) in [6, 6.07) is 15.7. The second kappa shape index (κ2) is 6.70. The minimum atomic E-state index is 0.745. The second-order valence-electron chi connectivity index (χ2n) is 6.74. The van der Waals surface area contributed by atoms with Gasteiger partial charge in [0.05, 0.1) is 11.2 Å². The summed E-state index contributed by atoms with van der Waals surface area (Å²) in [5.41, 5.74) is 4.49. The van der Waals surface area contributed by atoms with E-state index in [2.05, 4.69) is 47.1 Å². The summed E-state index contributed by atoms with van der Waals surface area (Å²) >= 11 is 0. The summed E-state index contributed by atoms with van der Waals surface area (Å²) in [6.07, 6.45) is 7.46. The summed E-state index contributed by atoms with van der Waals surface area (Å²) in [6.45, 7) is 4.76. The number of likely N-dealkylation sites (tertiary alicyclic amines) is 1. The smallest absolute Gasteiger partial charge is 0.0725 e. The zero-order valence-electron chi connectivity index (χ0n) is 14.2. The van der Waals surface area contributed by atoms with Crippen LogP contribution in [0.5, 0.6) is 0 Å². The highest BCUT2D eigenvalue weighted by Crippen LogP contribution is 2.22. The molecule has 0 amide bonds. The van der Waals surface area contributed by atoms with E-state index >= 15 is 0 Å². The van der Waals surface area contributed by atoms with E-state index in [9.17, 15) is 0 Å². The van der Waals surface area contributed by atoms with Gasteiger partial charge in [-0.2, -0.15) is 0 Å². The molecule has 1 atom stereocenters. The number of pyridine rings is 2. The number of nitrogens with zero attached hydrogens (tertiary/aromatic N) is 3. The van der Waals surface area contributed by atoms with Crippen LogP contribution in [0.25, 0.3) is 22.2 Å². The average Bonchev–Trinajstić information content (AvgIpc) is 3.05. The fourth-order valence-electron chi connectivity index (χ4n) is 3.60. The fraction of sp³-hybridized carbons (Fsp3) is 0.333. The van der Waals surface area contributed by atoms with Crippen LogP contribution in [0.2, 0.25) is 0 Å². The Morgan fingerprint density at radius 2 is 2.12 bits per heavy atom. The normalized spacial score (nSPS) is 18.3. The summed E-state index contributed by atoms with van der Waals surface area (Å²) in [5.74, 6) is 0. The molecule has 2 aromatic heterocycles. The van der Waals surface area contributed by atoms with Gasteiger partial charge in [0.2, 0.25) is 0 Å². The lowest BCUT2D eigenvalue weighted by Gasteiger charge is -2.20. The molecule has 3 nitrogen and oxygen atoms in total. The van der Waals surface area contributed by atoms with E-state index in [0.717, 1.165) is 35.8 Å². The van der Waals surface area contributed by atoms with Gasteiger partial charge in [-0.3, -0.25) is 4.98 Å². The van der Waals surface area contributed by atoms with Crippen molar-refractivity contribution in [3.8, 4) is 11.3 Å². The third kappa shape index (κ3) is 3.17. The van der Waals surface area contributed by atoms with E-state index in [1.54, 1.807) is 6.20 Å². The zero-order valence-corrected chi connectivity index (χ0v) is 14.2. The van der Waals surface area contributed by atoms with Gasteiger partial charge in [0.1, 0.15) is 0 Å². The van der Waals surface area contributed by atoms with Crippen molar-refractivity contribution in [2.75, 3.05) is 13.1 Å². The Kier molecular flexibility index (Phi) is 4.26. The highest BCUT2D eigenvalue weighted by Gasteiger charge is 2.19. The predicted molar refractivity (Wildman–Crippen MR) is 98.9 cm³/mol. The number of benzene rings is 1. The van der Waals surface area contributed by atoms with Crippen molar-refractivity contribution in [1.82, 2.24) is 14.9 Å². The fourth-order valence-corrected chi connectivity index (χ4v) is 3.60.